The van der Waals surface area contributed by atoms with Crippen LogP contribution in [0.5, 0.6) is 0 Å². The second kappa shape index (κ2) is 4.96. The van der Waals surface area contributed by atoms with E-state index in [1.165, 1.54) is 23.4 Å². The molecule has 0 spiro atoms. The SMILES string of the molecule is CCc1ccccc1CNC1=NCCC1. The minimum Gasteiger partial charge on any atom is -0.370 e. The lowest BCUT2D eigenvalue weighted by molar-refractivity contribution is 0.872. The second-order valence-corrected chi connectivity index (χ2v) is 3.91. The highest BCUT2D eigenvalue weighted by atomic mass is 15.0. The predicted octanol–water partition coefficient (Wildman–Crippen LogP) is 2.53. The van der Waals surface area contributed by atoms with Gasteiger partial charge < -0.3 is 5.32 Å². The van der Waals surface area contributed by atoms with Crippen molar-refractivity contribution in [2.45, 2.75) is 32.7 Å². The predicted molar refractivity (Wildman–Crippen MR) is 64.2 cm³/mol. The summed E-state index contributed by atoms with van der Waals surface area (Å²) in [5.74, 6) is 1.18. The number of nitrogens with one attached hydrogen (secondary N) is 1. The van der Waals surface area contributed by atoms with Crippen molar-refractivity contribution in [1.29, 1.82) is 0 Å². The Bertz CT molecular complexity index is 355. The van der Waals surface area contributed by atoms with Gasteiger partial charge in [0.1, 0.15) is 0 Å². The smallest absolute Gasteiger partial charge is 0.0966 e. The first-order valence-electron chi connectivity index (χ1n) is 5.74. The molecule has 2 heteroatoms. The summed E-state index contributed by atoms with van der Waals surface area (Å²) in [4.78, 5) is 4.41. The van der Waals surface area contributed by atoms with E-state index >= 15 is 0 Å². The van der Waals surface area contributed by atoms with Crippen molar-refractivity contribution in [3.8, 4) is 0 Å². The van der Waals surface area contributed by atoms with E-state index < -0.39 is 0 Å². The van der Waals surface area contributed by atoms with Crippen molar-refractivity contribution in [1.82, 2.24) is 5.32 Å². The number of hydrogen-bond acceptors (Lipinski definition) is 2. The molecule has 0 radical (unpaired) electrons. The highest BCUT2D eigenvalue weighted by Crippen LogP contribution is 2.10. The highest BCUT2D eigenvalue weighted by molar-refractivity contribution is 5.83. The quantitative estimate of drug-likeness (QED) is 0.800. The molecule has 0 saturated heterocycles. The van der Waals surface area contributed by atoms with E-state index in [9.17, 15) is 0 Å². The van der Waals surface area contributed by atoms with Crippen LogP contribution in [0, 0.1) is 0 Å². The molecule has 0 bridgehead atoms. The molecule has 1 N–H and O–H groups in total. The van der Waals surface area contributed by atoms with E-state index in [0.29, 0.717) is 0 Å². The summed E-state index contributed by atoms with van der Waals surface area (Å²) in [5, 5.41) is 3.42. The zero-order valence-corrected chi connectivity index (χ0v) is 9.29. The molecule has 1 aromatic rings. The third-order valence-electron chi connectivity index (χ3n) is 2.86. The Morgan fingerprint density at radius 3 is 2.73 bits per heavy atom. The van der Waals surface area contributed by atoms with Crippen LogP contribution in [0.2, 0.25) is 0 Å². The van der Waals surface area contributed by atoms with E-state index in [0.717, 1.165) is 25.9 Å². The van der Waals surface area contributed by atoms with Crippen LogP contribution < -0.4 is 5.32 Å². The van der Waals surface area contributed by atoms with E-state index in [1.54, 1.807) is 0 Å². The van der Waals surface area contributed by atoms with Gasteiger partial charge in [-0.05, 0) is 24.0 Å². The van der Waals surface area contributed by atoms with Crippen molar-refractivity contribution in [2.24, 2.45) is 4.99 Å². The van der Waals surface area contributed by atoms with Gasteiger partial charge in [-0.1, -0.05) is 31.2 Å². The number of aryl methyl sites for hydroxylation is 1. The Hall–Kier alpha value is -1.31. The summed E-state index contributed by atoms with van der Waals surface area (Å²) in [6, 6.07) is 8.61. The molecule has 0 fully saturated rings. The highest BCUT2D eigenvalue weighted by Gasteiger charge is 2.06. The lowest BCUT2D eigenvalue weighted by atomic mass is 10.1. The van der Waals surface area contributed by atoms with Crippen molar-refractivity contribution in [2.75, 3.05) is 6.54 Å². The number of rotatable bonds is 3. The van der Waals surface area contributed by atoms with Gasteiger partial charge in [0.2, 0.25) is 0 Å². The van der Waals surface area contributed by atoms with Crippen LogP contribution in [0.25, 0.3) is 0 Å². The molecule has 0 amide bonds. The Kier molecular flexibility index (Phi) is 3.38. The van der Waals surface area contributed by atoms with Gasteiger partial charge >= 0.3 is 0 Å². The Balaban J connectivity index is 1.97. The van der Waals surface area contributed by atoms with Gasteiger partial charge in [0, 0.05) is 19.5 Å². The Morgan fingerprint density at radius 1 is 1.27 bits per heavy atom. The van der Waals surface area contributed by atoms with Gasteiger partial charge in [-0.25, -0.2) is 0 Å². The number of aliphatic imine (C=N–C) groups is 1. The summed E-state index contributed by atoms with van der Waals surface area (Å²) < 4.78 is 0. The number of benzene rings is 1. The maximum atomic E-state index is 4.41. The summed E-state index contributed by atoms with van der Waals surface area (Å²) >= 11 is 0. The molecular weight excluding hydrogens is 184 g/mol. The van der Waals surface area contributed by atoms with Crippen LogP contribution in [0.4, 0.5) is 0 Å². The van der Waals surface area contributed by atoms with Crippen molar-refractivity contribution < 1.29 is 0 Å². The van der Waals surface area contributed by atoms with Gasteiger partial charge in [0.25, 0.3) is 0 Å². The second-order valence-electron chi connectivity index (χ2n) is 3.91. The number of nitrogens with zero attached hydrogens (tertiary/aromatic N) is 1. The van der Waals surface area contributed by atoms with Gasteiger partial charge in [-0.15, -0.1) is 0 Å². The lowest BCUT2D eigenvalue weighted by Gasteiger charge is -2.09. The number of hydrogen-bond donors (Lipinski definition) is 1. The van der Waals surface area contributed by atoms with Crippen molar-refractivity contribution >= 4 is 5.84 Å². The minimum atomic E-state index is 0.919. The van der Waals surface area contributed by atoms with E-state index in [-0.39, 0.29) is 0 Å². The van der Waals surface area contributed by atoms with Gasteiger partial charge in [-0.2, -0.15) is 0 Å². The van der Waals surface area contributed by atoms with Crippen LogP contribution >= 0.6 is 0 Å². The first kappa shape index (κ1) is 10.2. The summed E-state index contributed by atoms with van der Waals surface area (Å²) in [6.07, 6.45) is 3.43. The molecule has 0 aromatic heterocycles. The summed E-state index contributed by atoms with van der Waals surface area (Å²) in [5.41, 5.74) is 2.83. The molecule has 0 unspecified atom stereocenters. The minimum absolute atomic E-state index is 0.919. The average molecular weight is 202 g/mol. The van der Waals surface area contributed by atoms with Crippen LogP contribution in [-0.4, -0.2) is 12.4 Å². The van der Waals surface area contributed by atoms with Crippen LogP contribution in [-0.2, 0) is 13.0 Å². The molecule has 2 rings (SSSR count). The fourth-order valence-electron chi connectivity index (χ4n) is 1.96. The van der Waals surface area contributed by atoms with Gasteiger partial charge in [0.05, 0.1) is 5.84 Å². The van der Waals surface area contributed by atoms with E-state index in [2.05, 4.69) is 41.5 Å². The normalized spacial score (nSPS) is 15.1. The molecule has 1 aliphatic rings. The fraction of sp³-hybridized carbons (Fsp3) is 0.462. The van der Waals surface area contributed by atoms with E-state index in [4.69, 9.17) is 0 Å². The first-order chi connectivity index (χ1) is 7.40. The molecule has 0 atom stereocenters. The van der Waals surface area contributed by atoms with Crippen LogP contribution in [0.1, 0.15) is 30.9 Å². The molecule has 2 nitrogen and oxygen atoms in total. The lowest BCUT2D eigenvalue weighted by Crippen LogP contribution is -2.21. The third kappa shape index (κ3) is 2.58. The molecule has 1 aromatic carbocycles. The topological polar surface area (TPSA) is 24.4 Å². The fourth-order valence-corrected chi connectivity index (χ4v) is 1.96. The molecule has 0 saturated carbocycles. The number of amidine groups is 1. The zero-order chi connectivity index (χ0) is 10.5. The van der Waals surface area contributed by atoms with Gasteiger partial charge in [0.15, 0.2) is 0 Å². The van der Waals surface area contributed by atoms with Gasteiger partial charge in [-0.3, -0.25) is 4.99 Å². The molecule has 1 heterocycles. The Labute approximate surface area is 91.4 Å². The third-order valence-corrected chi connectivity index (χ3v) is 2.86. The van der Waals surface area contributed by atoms with Crippen molar-refractivity contribution in [3.05, 3.63) is 35.4 Å². The maximum absolute atomic E-state index is 4.41. The maximum Gasteiger partial charge on any atom is 0.0966 e. The Morgan fingerprint density at radius 2 is 2.07 bits per heavy atom. The molecule has 80 valence electrons. The molecule has 0 aliphatic carbocycles. The van der Waals surface area contributed by atoms with Crippen LogP contribution in [0.3, 0.4) is 0 Å². The molecular formula is C13H18N2. The monoisotopic (exact) mass is 202 g/mol. The van der Waals surface area contributed by atoms with Crippen LogP contribution in [0.15, 0.2) is 29.3 Å². The summed E-state index contributed by atoms with van der Waals surface area (Å²) in [7, 11) is 0. The first-order valence-corrected chi connectivity index (χ1v) is 5.74. The zero-order valence-electron chi connectivity index (χ0n) is 9.29. The largest absolute Gasteiger partial charge is 0.370 e. The van der Waals surface area contributed by atoms with Crippen molar-refractivity contribution in [3.63, 3.8) is 0 Å². The van der Waals surface area contributed by atoms with E-state index in [1.807, 2.05) is 0 Å². The standard InChI is InChI=1S/C13H18N2/c1-2-11-6-3-4-7-12(11)10-15-13-8-5-9-14-13/h3-4,6-7H,2,5,8-10H2,1H3,(H,14,15). The molecule has 15 heavy (non-hydrogen) atoms. The molecule has 1 aliphatic heterocycles. The average Bonchev–Trinajstić information content (AvgIpc) is 2.79. The summed E-state index contributed by atoms with van der Waals surface area (Å²) in [6.45, 7) is 4.12.